The van der Waals surface area contributed by atoms with Crippen LogP contribution in [0.25, 0.3) is 78.3 Å². The molecule has 3 nitrogen and oxygen atoms in total. The zero-order chi connectivity index (χ0) is 34.1. The molecule has 0 unspecified atom stereocenters. The van der Waals surface area contributed by atoms with Crippen molar-refractivity contribution in [3.8, 4) is 67.5 Å². The average Bonchev–Trinajstić information content (AvgIpc) is 3.18. The molecule has 0 saturated heterocycles. The summed E-state index contributed by atoms with van der Waals surface area (Å²) >= 11 is 0. The first kappa shape index (κ1) is 31.3. The van der Waals surface area contributed by atoms with Crippen molar-refractivity contribution in [2.45, 2.75) is 19.6 Å². The fraction of sp³-hybridized carbons (Fsp3) is 0.0652. The van der Waals surface area contributed by atoms with E-state index in [0.717, 1.165) is 33.2 Å². The Labute approximate surface area is 295 Å². The molecule has 0 aliphatic rings. The molecule has 0 aliphatic heterocycles. The van der Waals surface area contributed by atoms with Crippen molar-refractivity contribution in [2.24, 2.45) is 0 Å². The monoisotopic (exact) mass is 659 g/mol. The van der Waals surface area contributed by atoms with Crippen molar-refractivity contribution in [1.82, 2.24) is 15.0 Å². The lowest BCUT2D eigenvalue weighted by Crippen LogP contribution is -2.37. The standard InChI is InChI=1S/C46H37N3Si/c1-50(2,3)43-26-24-34(25-27-43)44-47-45(49-46(48-44)42-23-22-33-14-7-8-15-35(33)30-42)41-21-11-20-40(31-41)39-19-10-18-38(29-39)37-17-9-16-36(28-37)32-12-5-4-6-13-32/h4-31H,1-3H3. The predicted octanol–water partition coefficient (Wildman–Crippen LogP) is 11.6. The number of rotatable bonds is 7. The topological polar surface area (TPSA) is 38.7 Å². The van der Waals surface area contributed by atoms with Gasteiger partial charge in [-0.1, -0.05) is 170 Å². The fourth-order valence-electron chi connectivity index (χ4n) is 6.44. The Kier molecular flexibility index (Phi) is 8.23. The van der Waals surface area contributed by atoms with Crippen LogP contribution in [0.1, 0.15) is 0 Å². The Morgan fingerprint density at radius 2 is 0.700 bits per heavy atom. The van der Waals surface area contributed by atoms with E-state index in [9.17, 15) is 0 Å². The van der Waals surface area contributed by atoms with Crippen LogP contribution in [0.5, 0.6) is 0 Å². The maximum atomic E-state index is 5.09. The first-order chi connectivity index (χ1) is 24.4. The summed E-state index contributed by atoms with van der Waals surface area (Å²) in [6.07, 6.45) is 0. The highest BCUT2D eigenvalue weighted by molar-refractivity contribution is 6.88. The summed E-state index contributed by atoms with van der Waals surface area (Å²) in [7, 11) is -1.45. The van der Waals surface area contributed by atoms with Crippen molar-refractivity contribution in [3.05, 3.63) is 170 Å². The van der Waals surface area contributed by atoms with Crippen LogP contribution in [-0.2, 0) is 0 Å². The third kappa shape index (κ3) is 6.54. The molecule has 0 bridgehead atoms. The van der Waals surface area contributed by atoms with Gasteiger partial charge in [0.2, 0.25) is 0 Å². The molecule has 1 heterocycles. The Bertz CT molecular complexity index is 2460. The first-order valence-corrected chi connectivity index (χ1v) is 20.6. The Balaban J connectivity index is 1.20. The van der Waals surface area contributed by atoms with E-state index in [0.29, 0.717) is 17.5 Å². The van der Waals surface area contributed by atoms with Crippen molar-refractivity contribution in [1.29, 1.82) is 0 Å². The SMILES string of the molecule is C[Si](C)(C)c1ccc(-c2nc(-c3cccc(-c4cccc(-c5cccc(-c6ccccc6)c5)c4)c3)nc(-c3ccc4ccccc4c3)n2)cc1. The Morgan fingerprint density at radius 3 is 1.26 bits per heavy atom. The molecule has 0 aliphatic carbocycles. The fourth-order valence-corrected chi connectivity index (χ4v) is 7.60. The summed E-state index contributed by atoms with van der Waals surface area (Å²) in [6, 6.07) is 60.2. The zero-order valence-electron chi connectivity index (χ0n) is 28.5. The third-order valence-corrected chi connectivity index (χ3v) is 11.3. The van der Waals surface area contributed by atoms with Crippen molar-refractivity contribution in [2.75, 3.05) is 0 Å². The lowest BCUT2D eigenvalue weighted by atomic mass is 9.95. The quantitative estimate of drug-likeness (QED) is 0.160. The van der Waals surface area contributed by atoms with Crippen LogP contribution >= 0.6 is 0 Å². The van der Waals surface area contributed by atoms with E-state index in [-0.39, 0.29) is 0 Å². The number of fused-ring (bicyclic) bond motifs is 1. The number of aromatic nitrogens is 3. The summed E-state index contributed by atoms with van der Waals surface area (Å²) in [5.41, 5.74) is 9.93. The van der Waals surface area contributed by atoms with E-state index in [1.54, 1.807) is 0 Å². The van der Waals surface area contributed by atoms with Gasteiger partial charge in [0, 0.05) is 16.7 Å². The highest BCUT2D eigenvalue weighted by atomic mass is 28.3. The summed E-state index contributed by atoms with van der Waals surface area (Å²) in [4.78, 5) is 15.2. The van der Waals surface area contributed by atoms with Gasteiger partial charge < -0.3 is 0 Å². The lowest BCUT2D eigenvalue weighted by molar-refractivity contribution is 1.07. The van der Waals surface area contributed by atoms with E-state index < -0.39 is 8.07 Å². The molecule has 0 atom stereocenters. The van der Waals surface area contributed by atoms with Gasteiger partial charge in [-0.3, -0.25) is 0 Å². The van der Waals surface area contributed by atoms with Gasteiger partial charge in [0.05, 0.1) is 8.07 Å². The summed E-state index contributed by atoms with van der Waals surface area (Å²) in [5, 5.41) is 3.76. The Hall–Kier alpha value is -5.97. The van der Waals surface area contributed by atoms with Gasteiger partial charge in [0.15, 0.2) is 17.5 Å². The van der Waals surface area contributed by atoms with Crippen LogP contribution in [0.3, 0.4) is 0 Å². The van der Waals surface area contributed by atoms with E-state index >= 15 is 0 Å². The second kappa shape index (κ2) is 13.1. The molecule has 50 heavy (non-hydrogen) atoms. The first-order valence-electron chi connectivity index (χ1n) is 17.1. The number of nitrogens with zero attached hydrogens (tertiary/aromatic N) is 3. The van der Waals surface area contributed by atoms with Crippen molar-refractivity contribution < 1.29 is 0 Å². The summed E-state index contributed by atoms with van der Waals surface area (Å²) in [5.74, 6) is 1.99. The molecule has 7 aromatic carbocycles. The number of hydrogen-bond acceptors (Lipinski definition) is 3. The van der Waals surface area contributed by atoms with E-state index in [4.69, 9.17) is 15.0 Å². The van der Waals surface area contributed by atoms with Crippen LogP contribution in [0, 0.1) is 0 Å². The van der Waals surface area contributed by atoms with E-state index in [1.165, 1.54) is 32.8 Å². The van der Waals surface area contributed by atoms with Gasteiger partial charge in [0.25, 0.3) is 0 Å². The second-order valence-electron chi connectivity index (χ2n) is 13.8. The van der Waals surface area contributed by atoms with Crippen LogP contribution in [0.15, 0.2) is 170 Å². The van der Waals surface area contributed by atoms with Crippen molar-refractivity contribution >= 4 is 24.0 Å². The molecule has 0 spiro atoms. The maximum absolute atomic E-state index is 5.09. The zero-order valence-corrected chi connectivity index (χ0v) is 29.5. The van der Waals surface area contributed by atoms with Gasteiger partial charge in [-0.25, -0.2) is 15.0 Å². The Morgan fingerprint density at radius 1 is 0.300 bits per heavy atom. The minimum Gasteiger partial charge on any atom is -0.208 e. The number of hydrogen-bond donors (Lipinski definition) is 0. The molecule has 240 valence electrons. The second-order valence-corrected chi connectivity index (χ2v) is 18.9. The summed E-state index contributed by atoms with van der Waals surface area (Å²) in [6.45, 7) is 7.10. The molecule has 4 heteroatoms. The molecular weight excluding hydrogens is 623 g/mol. The minimum absolute atomic E-state index is 0.654. The molecule has 1 aromatic heterocycles. The van der Waals surface area contributed by atoms with Crippen LogP contribution < -0.4 is 5.19 Å². The van der Waals surface area contributed by atoms with Gasteiger partial charge in [-0.15, -0.1) is 0 Å². The molecule has 8 aromatic rings. The van der Waals surface area contributed by atoms with E-state index in [1.807, 2.05) is 0 Å². The molecule has 0 amide bonds. The molecule has 8 rings (SSSR count). The molecule has 0 saturated carbocycles. The predicted molar refractivity (Wildman–Crippen MR) is 213 cm³/mol. The van der Waals surface area contributed by atoms with Gasteiger partial charge in [-0.2, -0.15) is 0 Å². The lowest BCUT2D eigenvalue weighted by Gasteiger charge is -2.16. The number of benzene rings is 7. The van der Waals surface area contributed by atoms with Crippen LogP contribution in [0.4, 0.5) is 0 Å². The average molecular weight is 660 g/mol. The normalized spacial score (nSPS) is 11.5. The van der Waals surface area contributed by atoms with Crippen LogP contribution in [-0.4, -0.2) is 23.0 Å². The van der Waals surface area contributed by atoms with Gasteiger partial charge in [0.1, 0.15) is 0 Å². The van der Waals surface area contributed by atoms with Gasteiger partial charge >= 0.3 is 0 Å². The van der Waals surface area contributed by atoms with Crippen molar-refractivity contribution in [3.63, 3.8) is 0 Å². The smallest absolute Gasteiger partial charge is 0.164 e. The largest absolute Gasteiger partial charge is 0.208 e. The molecule has 0 N–H and O–H groups in total. The highest BCUT2D eigenvalue weighted by Crippen LogP contribution is 2.32. The summed E-state index contributed by atoms with van der Waals surface area (Å²) < 4.78 is 0. The molecular formula is C46H37N3Si. The maximum Gasteiger partial charge on any atom is 0.164 e. The minimum atomic E-state index is -1.45. The van der Waals surface area contributed by atoms with Gasteiger partial charge in [-0.05, 0) is 68.4 Å². The third-order valence-electron chi connectivity index (χ3n) is 9.27. The van der Waals surface area contributed by atoms with Crippen LogP contribution in [0.2, 0.25) is 19.6 Å². The molecule has 0 radical (unpaired) electrons. The van der Waals surface area contributed by atoms with E-state index in [2.05, 4.69) is 189 Å². The molecule has 0 fully saturated rings. The highest BCUT2D eigenvalue weighted by Gasteiger charge is 2.18.